The lowest BCUT2D eigenvalue weighted by Gasteiger charge is -2.14. The summed E-state index contributed by atoms with van der Waals surface area (Å²) < 4.78 is 13.3. The molecule has 0 aliphatic carbocycles. The molecule has 3 nitrogen and oxygen atoms in total. The number of carbonyl (C=O) groups excluding carboxylic acids is 1. The van der Waals surface area contributed by atoms with Crippen LogP contribution in [0.1, 0.15) is 25.3 Å². The van der Waals surface area contributed by atoms with Crippen LogP contribution in [0.25, 0.3) is 0 Å². The molecule has 0 heterocycles. The molecule has 0 radical (unpaired) electrons. The largest absolute Gasteiger partial charge is 0.396 e. The molecule has 0 aliphatic rings. The molecule has 0 aliphatic heterocycles. The van der Waals surface area contributed by atoms with E-state index in [4.69, 9.17) is 5.11 Å². The van der Waals surface area contributed by atoms with Crippen molar-refractivity contribution < 1.29 is 14.3 Å². The van der Waals surface area contributed by atoms with Crippen molar-refractivity contribution in [2.75, 3.05) is 13.2 Å². The van der Waals surface area contributed by atoms with Crippen LogP contribution < -0.4 is 5.32 Å². The van der Waals surface area contributed by atoms with Crippen molar-refractivity contribution in [3.8, 4) is 0 Å². The van der Waals surface area contributed by atoms with Crippen LogP contribution in [0.3, 0.4) is 0 Å². The van der Waals surface area contributed by atoms with E-state index < -0.39 is 0 Å². The van der Waals surface area contributed by atoms with Crippen LogP contribution >= 0.6 is 0 Å². The minimum Gasteiger partial charge on any atom is -0.396 e. The molecule has 1 rings (SSSR count). The summed E-state index contributed by atoms with van der Waals surface area (Å²) in [5.41, 5.74) is 0.408. The summed E-state index contributed by atoms with van der Waals surface area (Å²) in [6, 6.07) is 6.28. The summed E-state index contributed by atoms with van der Waals surface area (Å²) in [6.07, 6.45) is 1.64. The van der Waals surface area contributed by atoms with Crippen molar-refractivity contribution in [3.63, 3.8) is 0 Å². The highest BCUT2D eigenvalue weighted by molar-refractivity contribution is 5.78. The first-order chi connectivity index (χ1) is 8.67. The molecular formula is C14H20FNO2. The third-order valence-electron chi connectivity index (χ3n) is 3.01. The smallest absolute Gasteiger partial charge is 0.224 e. The summed E-state index contributed by atoms with van der Waals surface area (Å²) in [5, 5.41) is 11.6. The highest BCUT2D eigenvalue weighted by Gasteiger charge is 2.10. The highest BCUT2D eigenvalue weighted by Crippen LogP contribution is 2.08. The molecule has 1 amide bonds. The lowest BCUT2D eigenvalue weighted by atomic mass is 10.0. The average molecular weight is 253 g/mol. The van der Waals surface area contributed by atoms with E-state index in [1.54, 1.807) is 18.2 Å². The molecule has 0 spiro atoms. The molecule has 1 atom stereocenters. The Balaban J connectivity index is 2.40. The molecule has 1 unspecified atom stereocenters. The minimum atomic E-state index is -0.352. The van der Waals surface area contributed by atoms with E-state index in [1.165, 1.54) is 6.07 Å². The Bertz CT molecular complexity index is 382. The lowest BCUT2D eigenvalue weighted by molar-refractivity contribution is -0.120. The van der Waals surface area contributed by atoms with Gasteiger partial charge in [0.1, 0.15) is 5.82 Å². The fourth-order valence-corrected chi connectivity index (χ4v) is 1.77. The summed E-state index contributed by atoms with van der Waals surface area (Å²) in [7, 11) is 0. The molecular weight excluding hydrogens is 233 g/mol. The van der Waals surface area contributed by atoms with Crippen LogP contribution in [0.5, 0.6) is 0 Å². The zero-order chi connectivity index (χ0) is 13.4. The molecule has 2 N–H and O–H groups in total. The fourth-order valence-electron chi connectivity index (χ4n) is 1.77. The second-order valence-electron chi connectivity index (χ2n) is 4.36. The van der Waals surface area contributed by atoms with E-state index in [2.05, 4.69) is 5.32 Å². The Labute approximate surface area is 107 Å². The van der Waals surface area contributed by atoms with Crippen LogP contribution in [0.4, 0.5) is 4.39 Å². The van der Waals surface area contributed by atoms with Crippen molar-refractivity contribution >= 4 is 5.91 Å². The molecule has 18 heavy (non-hydrogen) atoms. The first kappa shape index (κ1) is 14.6. The van der Waals surface area contributed by atoms with Crippen LogP contribution in [-0.2, 0) is 11.2 Å². The van der Waals surface area contributed by atoms with Crippen molar-refractivity contribution in [3.05, 3.63) is 35.6 Å². The van der Waals surface area contributed by atoms with Gasteiger partial charge in [-0.25, -0.2) is 4.39 Å². The van der Waals surface area contributed by atoms with Crippen molar-refractivity contribution in [1.82, 2.24) is 5.32 Å². The number of carbonyl (C=O) groups is 1. The van der Waals surface area contributed by atoms with Gasteiger partial charge < -0.3 is 10.4 Å². The quantitative estimate of drug-likeness (QED) is 0.779. The predicted molar refractivity (Wildman–Crippen MR) is 68.6 cm³/mol. The van der Waals surface area contributed by atoms with Crippen LogP contribution in [-0.4, -0.2) is 24.2 Å². The van der Waals surface area contributed by atoms with Crippen LogP contribution in [0, 0.1) is 11.7 Å². The van der Waals surface area contributed by atoms with E-state index in [0.717, 1.165) is 6.42 Å². The van der Waals surface area contributed by atoms with Crippen molar-refractivity contribution in [1.29, 1.82) is 0 Å². The molecule has 0 aromatic heterocycles. The first-order valence-corrected chi connectivity index (χ1v) is 6.28. The molecule has 0 saturated heterocycles. The second kappa shape index (κ2) is 7.82. The molecule has 1 aromatic carbocycles. The molecule has 4 heteroatoms. The van der Waals surface area contributed by atoms with Gasteiger partial charge >= 0.3 is 0 Å². The summed E-state index contributed by atoms with van der Waals surface area (Å²) in [4.78, 5) is 11.6. The monoisotopic (exact) mass is 253 g/mol. The van der Waals surface area contributed by atoms with Crippen LogP contribution in [0.2, 0.25) is 0 Å². The second-order valence-corrected chi connectivity index (χ2v) is 4.36. The van der Waals surface area contributed by atoms with Gasteiger partial charge in [-0.05, 0) is 24.0 Å². The fraction of sp³-hybridized carbons (Fsp3) is 0.500. The molecule has 1 aromatic rings. The summed E-state index contributed by atoms with van der Waals surface area (Å²) in [6.45, 7) is 2.68. The van der Waals surface area contributed by atoms with Gasteiger partial charge in [-0.3, -0.25) is 4.79 Å². The minimum absolute atomic E-state index is 0.0578. The number of benzene rings is 1. The Morgan fingerprint density at radius 3 is 2.78 bits per heavy atom. The Hall–Kier alpha value is -1.42. The first-order valence-electron chi connectivity index (χ1n) is 6.28. The topological polar surface area (TPSA) is 49.3 Å². The van der Waals surface area contributed by atoms with E-state index in [1.807, 2.05) is 6.92 Å². The SMILES string of the molecule is CCC(CCO)CNC(=O)Cc1ccccc1F. The maximum absolute atomic E-state index is 13.3. The van der Waals surface area contributed by atoms with Gasteiger partial charge in [-0.2, -0.15) is 0 Å². The maximum Gasteiger partial charge on any atom is 0.224 e. The number of halogens is 1. The number of nitrogens with one attached hydrogen (secondary N) is 1. The third kappa shape index (κ3) is 4.84. The number of hydrogen-bond donors (Lipinski definition) is 2. The Morgan fingerprint density at radius 2 is 2.17 bits per heavy atom. The van der Waals surface area contributed by atoms with Gasteiger partial charge in [0.15, 0.2) is 0 Å². The Kier molecular flexibility index (Phi) is 6.36. The number of rotatable bonds is 7. The number of amides is 1. The van der Waals surface area contributed by atoms with Gasteiger partial charge in [0.05, 0.1) is 6.42 Å². The summed E-state index contributed by atoms with van der Waals surface area (Å²) >= 11 is 0. The number of hydrogen-bond acceptors (Lipinski definition) is 2. The average Bonchev–Trinajstić information content (AvgIpc) is 2.37. The van der Waals surface area contributed by atoms with E-state index in [9.17, 15) is 9.18 Å². The third-order valence-corrected chi connectivity index (χ3v) is 3.01. The zero-order valence-electron chi connectivity index (χ0n) is 10.7. The molecule has 0 saturated carbocycles. The standard InChI is InChI=1S/C14H20FNO2/c1-2-11(7-8-17)10-16-14(18)9-12-5-3-4-6-13(12)15/h3-6,11,17H,2,7-10H2,1H3,(H,16,18). The van der Waals surface area contributed by atoms with E-state index in [0.29, 0.717) is 18.5 Å². The Morgan fingerprint density at radius 1 is 1.44 bits per heavy atom. The number of aliphatic hydroxyl groups excluding tert-OH is 1. The number of aliphatic hydroxyl groups is 1. The van der Waals surface area contributed by atoms with Gasteiger partial charge in [-0.1, -0.05) is 31.5 Å². The predicted octanol–water partition coefficient (Wildman–Crippen LogP) is 1.89. The normalized spacial score (nSPS) is 12.2. The molecule has 0 bridgehead atoms. The zero-order valence-corrected chi connectivity index (χ0v) is 10.7. The van der Waals surface area contributed by atoms with Crippen molar-refractivity contribution in [2.45, 2.75) is 26.2 Å². The van der Waals surface area contributed by atoms with Gasteiger partial charge in [0.25, 0.3) is 0 Å². The molecule has 100 valence electrons. The van der Waals surface area contributed by atoms with Gasteiger partial charge in [0.2, 0.25) is 5.91 Å². The van der Waals surface area contributed by atoms with Gasteiger partial charge in [0, 0.05) is 13.2 Å². The maximum atomic E-state index is 13.3. The van der Waals surface area contributed by atoms with Crippen molar-refractivity contribution in [2.24, 2.45) is 5.92 Å². The van der Waals surface area contributed by atoms with Crippen LogP contribution in [0.15, 0.2) is 24.3 Å². The van der Waals surface area contributed by atoms with E-state index >= 15 is 0 Å². The molecule has 0 fully saturated rings. The lowest BCUT2D eigenvalue weighted by Crippen LogP contribution is -2.30. The summed E-state index contributed by atoms with van der Waals surface area (Å²) in [5.74, 6) is -0.258. The highest BCUT2D eigenvalue weighted by atomic mass is 19.1. The van der Waals surface area contributed by atoms with E-state index in [-0.39, 0.29) is 30.7 Å². The van der Waals surface area contributed by atoms with Gasteiger partial charge in [-0.15, -0.1) is 0 Å².